The van der Waals surface area contributed by atoms with E-state index in [1.165, 1.54) is 16.9 Å². The summed E-state index contributed by atoms with van der Waals surface area (Å²) >= 11 is 0. The van der Waals surface area contributed by atoms with E-state index in [9.17, 15) is 9.50 Å². The molecule has 0 fully saturated rings. The van der Waals surface area contributed by atoms with Gasteiger partial charge in [0.25, 0.3) is 0 Å². The Morgan fingerprint density at radius 1 is 1.10 bits per heavy atom. The zero-order valence-corrected chi connectivity index (χ0v) is 11.1. The Morgan fingerprint density at radius 2 is 1.90 bits per heavy atom. The van der Waals surface area contributed by atoms with Gasteiger partial charge in [-0.3, -0.25) is 0 Å². The Morgan fingerprint density at radius 3 is 2.67 bits per heavy atom. The predicted molar refractivity (Wildman–Crippen MR) is 74.6 cm³/mol. The highest BCUT2D eigenvalue weighted by molar-refractivity contribution is 5.52. The monoisotopic (exact) mass is 284 g/mol. The first kappa shape index (κ1) is 13.4. The lowest BCUT2D eigenvalue weighted by atomic mass is 10.1. The first-order valence-electron chi connectivity index (χ1n) is 6.49. The van der Waals surface area contributed by atoms with Crippen LogP contribution in [0.2, 0.25) is 0 Å². The van der Waals surface area contributed by atoms with Gasteiger partial charge in [0, 0.05) is 5.56 Å². The summed E-state index contributed by atoms with van der Waals surface area (Å²) in [5.41, 5.74) is 1.33. The summed E-state index contributed by atoms with van der Waals surface area (Å²) < 4.78 is 13.1. The Hall–Kier alpha value is -2.60. The van der Waals surface area contributed by atoms with E-state index in [0.29, 0.717) is 11.4 Å². The summed E-state index contributed by atoms with van der Waals surface area (Å²) in [6.07, 6.45) is -0.890. The zero-order valence-electron chi connectivity index (χ0n) is 11.1. The molecule has 0 unspecified atom stereocenters. The normalized spacial score (nSPS) is 12.3. The Bertz CT molecular complexity index is 729. The summed E-state index contributed by atoms with van der Waals surface area (Å²) in [6.45, 7) is 0.114. The molecule has 1 aromatic heterocycles. The van der Waals surface area contributed by atoms with E-state index in [1.54, 1.807) is 12.1 Å². The number of aromatic nitrogens is 4. The number of benzene rings is 2. The predicted octanol–water partition coefficient (Wildman–Crippen LogP) is 2.21. The molecule has 6 heteroatoms. The first-order chi connectivity index (χ1) is 10.2. The number of tetrazole rings is 1. The largest absolute Gasteiger partial charge is 0.386 e. The van der Waals surface area contributed by atoms with Crippen molar-refractivity contribution in [3.8, 4) is 11.4 Å². The number of halogens is 1. The van der Waals surface area contributed by atoms with Gasteiger partial charge in [0.05, 0.1) is 6.54 Å². The standard InChI is InChI=1S/C15H13FN4O/c16-13-8-4-7-12(9-13)14(21)10-20-18-15(17-19-20)11-5-2-1-3-6-11/h1-9,14,21H,10H2/t14-/m0/s1. The van der Waals surface area contributed by atoms with Gasteiger partial charge in [-0.2, -0.15) is 4.80 Å². The van der Waals surface area contributed by atoms with Crippen molar-refractivity contribution < 1.29 is 9.50 Å². The molecule has 3 aromatic rings. The minimum absolute atomic E-state index is 0.114. The van der Waals surface area contributed by atoms with Crippen LogP contribution in [-0.2, 0) is 6.54 Å². The SMILES string of the molecule is O[C@@H](Cn1nnc(-c2ccccc2)n1)c1cccc(F)c1. The van der Waals surface area contributed by atoms with Gasteiger partial charge < -0.3 is 5.11 Å². The fourth-order valence-corrected chi connectivity index (χ4v) is 2.00. The number of hydrogen-bond acceptors (Lipinski definition) is 4. The van der Waals surface area contributed by atoms with Crippen molar-refractivity contribution in [1.82, 2.24) is 20.2 Å². The van der Waals surface area contributed by atoms with Crippen LogP contribution in [0.15, 0.2) is 54.6 Å². The summed E-state index contributed by atoms with van der Waals surface area (Å²) in [7, 11) is 0. The maximum Gasteiger partial charge on any atom is 0.204 e. The molecule has 0 amide bonds. The van der Waals surface area contributed by atoms with Crippen LogP contribution in [0, 0.1) is 5.82 Å². The van der Waals surface area contributed by atoms with Crippen LogP contribution in [0.4, 0.5) is 4.39 Å². The summed E-state index contributed by atoms with van der Waals surface area (Å²) in [6, 6.07) is 15.3. The van der Waals surface area contributed by atoms with E-state index in [0.717, 1.165) is 5.56 Å². The number of hydrogen-bond donors (Lipinski definition) is 1. The molecule has 2 aromatic carbocycles. The fourth-order valence-electron chi connectivity index (χ4n) is 2.00. The molecule has 0 aliphatic heterocycles. The maximum atomic E-state index is 13.1. The molecule has 0 aliphatic rings. The molecule has 5 nitrogen and oxygen atoms in total. The maximum absolute atomic E-state index is 13.1. The van der Waals surface area contributed by atoms with Crippen LogP contribution >= 0.6 is 0 Å². The second kappa shape index (κ2) is 5.80. The van der Waals surface area contributed by atoms with Gasteiger partial charge in [-0.05, 0) is 22.9 Å². The molecular formula is C15H13FN4O. The molecule has 1 heterocycles. The van der Waals surface area contributed by atoms with Crippen molar-refractivity contribution in [2.24, 2.45) is 0 Å². The van der Waals surface area contributed by atoms with E-state index in [2.05, 4.69) is 15.4 Å². The molecule has 21 heavy (non-hydrogen) atoms. The lowest BCUT2D eigenvalue weighted by Crippen LogP contribution is -2.11. The third kappa shape index (κ3) is 3.11. The fraction of sp³-hybridized carbons (Fsp3) is 0.133. The molecule has 0 aliphatic carbocycles. The van der Waals surface area contributed by atoms with Crippen molar-refractivity contribution in [1.29, 1.82) is 0 Å². The summed E-state index contributed by atoms with van der Waals surface area (Å²) in [5, 5.41) is 22.1. The van der Waals surface area contributed by atoms with Gasteiger partial charge >= 0.3 is 0 Å². The summed E-state index contributed by atoms with van der Waals surface area (Å²) in [5.74, 6) is 0.102. The van der Waals surface area contributed by atoms with Crippen LogP contribution in [0.25, 0.3) is 11.4 Å². The third-order valence-corrected chi connectivity index (χ3v) is 3.05. The van der Waals surface area contributed by atoms with Crippen LogP contribution < -0.4 is 0 Å². The Labute approximate surface area is 120 Å². The lowest BCUT2D eigenvalue weighted by Gasteiger charge is -2.09. The average Bonchev–Trinajstić information content (AvgIpc) is 2.97. The van der Waals surface area contributed by atoms with E-state index >= 15 is 0 Å². The molecule has 1 N–H and O–H groups in total. The van der Waals surface area contributed by atoms with E-state index < -0.39 is 6.10 Å². The van der Waals surface area contributed by atoms with E-state index in [1.807, 2.05) is 30.3 Å². The van der Waals surface area contributed by atoms with Gasteiger partial charge in [0.15, 0.2) is 0 Å². The zero-order chi connectivity index (χ0) is 14.7. The Kier molecular flexibility index (Phi) is 3.70. The van der Waals surface area contributed by atoms with Crippen LogP contribution in [-0.4, -0.2) is 25.3 Å². The van der Waals surface area contributed by atoms with Crippen LogP contribution in [0.5, 0.6) is 0 Å². The molecule has 3 rings (SSSR count). The molecule has 0 saturated carbocycles. The van der Waals surface area contributed by atoms with Crippen LogP contribution in [0.3, 0.4) is 0 Å². The van der Waals surface area contributed by atoms with Gasteiger partial charge in [-0.15, -0.1) is 10.2 Å². The quantitative estimate of drug-likeness (QED) is 0.798. The van der Waals surface area contributed by atoms with Gasteiger partial charge in [-0.25, -0.2) is 4.39 Å². The highest BCUT2D eigenvalue weighted by Gasteiger charge is 2.12. The van der Waals surface area contributed by atoms with Crippen molar-refractivity contribution in [3.05, 3.63) is 66.0 Å². The third-order valence-electron chi connectivity index (χ3n) is 3.05. The van der Waals surface area contributed by atoms with E-state index in [4.69, 9.17) is 0 Å². The smallest absolute Gasteiger partial charge is 0.204 e. The first-order valence-corrected chi connectivity index (χ1v) is 6.49. The lowest BCUT2D eigenvalue weighted by molar-refractivity contribution is 0.144. The van der Waals surface area contributed by atoms with Gasteiger partial charge in [0.1, 0.15) is 11.9 Å². The highest BCUT2D eigenvalue weighted by atomic mass is 19.1. The Balaban J connectivity index is 1.75. The van der Waals surface area contributed by atoms with Gasteiger partial charge in [-0.1, -0.05) is 42.5 Å². The van der Waals surface area contributed by atoms with Crippen molar-refractivity contribution in [2.45, 2.75) is 12.6 Å². The topological polar surface area (TPSA) is 63.8 Å². The number of nitrogens with zero attached hydrogens (tertiary/aromatic N) is 4. The molecule has 0 spiro atoms. The van der Waals surface area contributed by atoms with Crippen LogP contribution in [0.1, 0.15) is 11.7 Å². The average molecular weight is 284 g/mol. The second-order valence-electron chi connectivity index (χ2n) is 4.60. The minimum Gasteiger partial charge on any atom is -0.386 e. The van der Waals surface area contributed by atoms with E-state index in [-0.39, 0.29) is 12.4 Å². The minimum atomic E-state index is -0.890. The second-order valence-corrected chi connectivity index (χ2v) is 4.60. The number of aliphatic hydroxyl groups is 1. The number of rotatable bonds is 4. The molecule has 106 valence electrons. The molecule has 0 saturated heterocycles. The van der Waals surface area contributed by atoms with Crippen molar-refractivity contribution in [3.63, 3.8) is 0 Å². The van der Waals surface area contributed by atoms with Crippen molar-refractivity contribution in [2.75, 3.05) is 0 Å². The highest BCUT2D eigenvalue weighted by Crippen LogP contribution is 2.16. The molecule has 0 radical (unpaired) electrons. The molecular weight excluding hydrogens is 271 g/mol. The molecule has 0 bridgehead atoms. The number of aliphatic hydroxyl groups excluding tert-OH is 1. The summed E-state index contributed by atoms with van der Waals surface area (Å²) in [4.78, 5) is 1.30. The molecule has 1 atom stereocenters. The van der Waals surface area contributed by atoms with Crippen molar-refractivity contribution >= 4 is 0 Å². The van der Waals surface area contributed by atoms with Gasteiger partial charge in [0.2, 0.25) is 5.82 Å².